The van der Waals surface area contributed by atoms with E-state index >= 15 is 0 Å². The molecule has 2 N–H and O–H groups in total. The van der Waals surface area contributed by atoms with Gasteiger partial charge in [0.2, 0.25) is 0 Å². The van der Waals surface area contributed by atoms with E-state index < -0.39 is 11.7 Å². The highest BCUT2D eigenvalue weighted by atomic mass is 19.1. The lowest BCUT2D eigenvalue weighted by atomic mass is 10.0. The van der Waals surface area contributed by atoms with Crippen molar-refractivity contribution in [2.24, 2.45) is 5.92 Å². The molecule has 1 fully saturated rings. The van der Waals surface area contributed by atoms with Crippen LogP contribution in [0, 0.1) is 11.7 Å². The normalized spacial score (nSPS) is 16.5. The van der Waals surface area contributed by atoms with Crippen LogP contribution in [-0.4, -0.2) is 30.8 Å². The molecule has 1 aromatic carbocycles. The van der Waals surface area contributed by atoms with Gasteiger partial charge in [-0.15, -0.1) is 0 Å². The topological polar surface area (TPSA) is 58.6 Å². The lowest BCUT2D eigenvalue weighted by molar-refractivity contribution is 0.0642. The molecule has 0 unspecified atom stereocenters. The standard InChI is InChI=1S/C13H16FNO3/c14-10-1-2-12(16)11(7-10)13(17)15-8-9-3-5-18-6-4-9/h1-2,7,9,16H,3-6,8H2,(H,15,17). The molecule has 18 heavy (non-hydrogen) atoms. The summed E-state index contributed by atoms with van der Waals surface area (Å²) in [7, 11) is 0. The van der Waals surface area contributed by atoms with Crippen molar-refractivity contribution in [2.45, 2.75) is 12.8 Å². The molecule has 1 aliphatic rings. The molecule has 1 aromatic rings. The van der Waals surface area contributed by atoms with E-state index in [1.54, 1.807) is 0 Å². The summed E-state index contributed by atoms with van der Waals surface area (Å²) in [6, 6.07) is 3.33. The third-order valence-corrected chi connectivity index (χ3v) is 3.10. The first-order valence-corrected chi connectivity index (χ1v) is 6.01. The molecule has 0 spiro atoms. The molecule has 98 valence electrons. The van der Waals surface area contributed by atoms with Crippen LogP contribution in [-0.2, 0) is 4.74 Å². The first kappa shape index (κ1) is 12.8. The van der Waals surface area contributed by atoms with E-state index in [1.165, 1.54) is 6.07 Å². The maximum Gasteiger partial charge on any atom is 0.255 e. The number of halogens is 1. The Morgan fingerprint density at radius 3 is 2.89 bits per heavy atom. The summed E-state index contributed by atoms with van der Waals surface area (Å²) in [4.78, 5) is 11.8. The number of ether oxygens (including phenoxy) is 1. The molecule has 4 nitrogen and oxygen atoms in total. The highest BCUT2D eigenvalue weighted by molar-refractivity contribution is 5.96. The summed E-state index contributed by atoms with van der Waals surface area (Å²) in [6.07, 6.45) is 1.82. The Labute approximate surface area is 105 Å². The Bertz CT molecular complexity index is 430. The number of nitrogens with one attached hydrogen (secondary N) is 1. The van der Waals surface area contributed by atoms with E-state index in [4.69, 9.17) is 4.74 Å². The van der Waals surface area contributed by atoms with Crippen molar-refractivity contribution in [1.29, 1.82) is 0 Å². The molecule has 1 saturated heterocycles. The van der Waals surface area contributed by atoms with Gasteiger partial charge in [0.25, 0.3) is 5.91 Å². The van der Waals surface area contributed by atoms with Gasteiger partial charge < -0.3 is 15.2 Å². The monoisotopic (exact) mass is 253 g/mol. The quantitative estimate of drug-likeness (QED) is 0.861. The van der Waals surface area contributed by atoms with Crippen LogP contribution >= 0.6 is 0 Å². The number of phenols is 1. The van der Waals surface area contributed by atoms with Gasteiger partial charge in [-0.1, -0.05) is 0 Å². The van der Waals surface area contributed by atoms with Gasteiger partial charge in [-0.25, -0.2) is 4.39 Å². The molecule has 0 saturated carbocycles. The minimum atomic E-state index is -0.538. The summed E-state index contributed by atoms with van der Waals surface area (Å²) in [5, 5.41) is 12.2. The summed E-state index contributed by atoms with van der Waals surface area (Å²) in [5.74, 6) is -0.804. The van der Waals surface area contributed by atoms with Gasteiger partial charge in [-0.3, -0.25) is 4.79 Å². The maximum absolute atomic E-state index is 13.0. The second-order valence-corrected chi connectivity index (χ2v) is 4.43. The number of benzene rings is 1. The lowest BCUT2D eigenvalue weighted by Gasteiger charge is -2.22. The smallest absolute Gasteiger partial charge is 0.255 e. The van der Waals surface area contributed by atoms with Gasteiger partial charge in [-0.05, 0) is 37.0 Å². The zero-order chi connectivity index (χ0) is 13.0. The third-order valence-electron chi connectivity index (χ3n) is 3.10. The van der Waals surface area contributed by atoms with Crippen molar-refractivity contribution >= 4 is 5.91 Å². The van der Waals surface area contributed by atoms with Gasteiger partial charge in [0, 0.05) is 19.8 Å². The van der Waals surface area contributed by atoms with E-state index in [0.29, 0.717) is 25.7 Å². The van der Waals surface area contributed by atoms with Crippen LogP contribution < -0.4 is 5.32 Å². The van der Waals surface area contributed by atoms with E-state index in [2.05, 4.69) is 5.32 Å². The highest BCUT2D eigenvalue weighted by Gasteiger charge is 2.17. The van der Waals surface area contributed by atoms with Crippen molar-refractivity contribution in [3.63, 3.8) is 0 Å². The highest BCUT2D eigenvalue weighted by Crippen LogP contribution is 2.18. The van der Waals surface area contributed by atoms with E-state index in [1.807, 2.05) is 0 Å². The second-order valence-electron chi connectivity index (χ2n) is 4.43. The van der Waals surface area contributed by atoms with Crippen LogP contribution in [0.25, 0.3) is 0 Å². The number of carbonyl (C=O) groups is 1. The molecular weight excluding hydrogens is 237 g/mol. The number of amides is 1. The predicted octanol–water partition coefficient (Wildman–Crippen LogP) is 1.69. The summed E-state index contributed by atoms with van der Waals surface area (Å²) < 4.78 is 18.2. The predicted molar refractivity (Wildman–Crippen MR) is 63.9 cm³/mol. The van der Waals surface area contributed by atoms with Gasteiger partial charge in [0.05, 0.1) is 5.56 Å². The Kier molecular flexibility index (Phi) is 4.15. The number of carbonyl (C=O) groups excluding carboxylic acids is 1. The number of aromatic hydroxyl groups is 1. The fourth-order valence-electron chi connectivity index (χ4n) is 1.97. The summed E-state index contributed by atoms with van der Waals surface area (Å²) in [5.41, 5.74) is -0.0259. The van der Waals surface area contributed by atoms with Crippen LogP contribution in [0.4, 0.5) is 4.39 Å². The van der Waals surface area contributed by atoms with Crippen molar-refractivity contribution in [3.05, 3.63) is 29.6 Å². The molecule has 1 aliphatic heterocycles. The first-order chi connectivity index (χ1) is 8.66. The number of hydrogen-bond acceptors (Lipinski definition) is 3. The average Bonchev–Trinajstić information content (AvgIpc) is 2.40. The molecule has 5 heteroatoms. The Morgan fingerprint density at radius 1 is 1.44 bits per heavy atom. The van der Waals surface area contributed by atoms with Crippen molar-refractivity contribution in [3.8, 4) is 5.75 Å². The maximum atomic E-state index is 13.0. The molecule has 2 rings (SSSR count). The second kappa shape index (κ2) is 5.82. The third kappa shape index (κ3) is 3.20. The van der Waals surface area contributed by atoms with Crippen LogP contribution in [0.15, 0.2) is 18.2 Å². The molecule has 0 atom stereocenters. The first-order valence-electron chi connectivity index (χ1n) is 6.01. The summed E-state index contributed by atoms with van der Waals surface area (Å²) >= 11 is 0. The van der Waals surface area contributed by atoms with Gasteiger partial charge in [-0.2, -0.15) is 0 Å². The largest absolute Gasteiger partial charge is 0.507 e. The van der Waals surface area contributed by atoms with Gasteiger partial charge in [0.1, 0.15) is 11.6 Å². The van der Waals surface area contributed by atoms with Gasteiger partial charge in [0.15, 0.2) is 0 Å². The SMILES string of the molecule is O=C(NCC1CCOCC1)c1cc(F)ccc1O. The minimum Gasteiger partial charge on any atom is -0.507 e. The lowest BCUT2D eigenvalue weighted by Crippen LogP contribution is -2.32. The van der Waals surface area contributed by atoms with Crippen molar-refractivity contribution < 1.29 is 19.0 Å². The minimum absolute atomic E-state index is 0.0259. The molecule has 0 bridgehead atoms. The van der Waals surface area contributed by atoms with Crippen molar-refractivity contribution in [1.82, 2.24) is 5.32 Å². The number of hydrogen-bond donors (Lipinski definition) is 2. The zero-order valence-corrected chi connectivity index (χ0v) is 9.99. The molecular formula is C13H16FNO3. The van der Waals surface area contributed by atoms with E-state index in [0.717, 1.165) is 25.0 Å². The zero-order valence-electron chi connectivity index (χ0n) is 9.99. The summed E-state index contributed by atoms with van der Waals surface area (Å²) in [6.45, 7) is 1.95. The van der Waals surface area contributed by atoms with E-state index in [-0.39, 0.29) is 11.3 Å². The Balaban J connectivity index is 1.92. The average molecular weight is 253 g/mol. The fraction of sp³-hybridized carbons (Fsp3) is 0.462. The van der Waals surface area contributed by atoms with Crippen molar-refractivity contribution in [2.75, 3.05) is 19.8 Å². The molecule has 0 radical (unpaired) electrons. The van der Waals surface area contributed by atoms with E-state index in [9.17, 15) is 14.3 Å². The molecule has 1 amide bonds. The van der Waals surface area contributed by atoms with Crippen LogP contribution in [0.2, 0.25) is 0 Å². The van der Waals surface area contributed by atoms with Gasteiger partial charge >= 0.3 is 0 Å². The number of phenolic OH excluding ortho intramolecular Hbond substituents is 1. The Hall–Kier alpha value is -1.62. The van der Waals surface area contributed by atoms with Crippen LogP contribution in [0.1, 0.15) is 23.2 Å². The fourth-order valence-corrected chi connectivity index (χ4v) is 1.97. The Morgan fingerprint density at radius 2 is 2.17 bits per heavy atom. The molecule has 0 aliphatic carbocycles. The molecule has 0 aromatic heterocycles. The molecule has 1 heterocycles. The van der Waals surface area contributed by atoms with Crippen LogP contribution in [0.5, 0.6) is 5.75 Å². The number of rotatable bonds is 3. The van der Waals surface area contributed by atoms with Crippen LogP contribution in [0.3, 0.4) is 0 Å².